The second-order valence-corrected chi connectivity index (χ2v) is 9.30. The molecule has 9 nitrogen and oxygen atoms in total. The third-order valence-corrected chi connectivity index (χ3v) is 6.90. The van der Waals surface area contributed by atoms with Gasteiger partial charge in [-0.25, -0.2) is 9.79 Å². The molecule has 0 radical (unpaired) electrons. The highest BCUT2D eigenvalue weighted by Crippen LogP contribution is 2.43. The van der Waals surface area contributed by atoms with Crippen LogP contribution in [0.1, 0.15) is 31.0 Å². The zero-order valence-corrected chi connectivity index (χ0v) is 23.1. The van der Waals surface area contributed by atoms with Crippen LogP contribution in [0, 0.1) is 6.92 Å². The fourth-order valence-corrected chi connectivity index (χ4v) is 4.68. The van der Waals surface area contributed by atoms with Gasteiger partial charge in [0.05, 0.1) is 39.3 Å². The Morgan fingerprint density at radius 2 is 1.78 bits per heavy atom. The van der Waals surface area contributed by atoms with E-state index in [2.05, 4.69) is 10.6 Å². The number of ether oxygens (including phenoxy) is 4. The van der Waals surface area contributed by atoms with Crippen molar-refractivity contribution in [1.29, 1.82) is 0 Å². The fraction of sp³-hybridized carbons (Fsp3) is 0.346. The minimum absolute atomic E-state index is 0.0851. The smallest absolute Gasteiger partial charge is 0.338 e. The van der Waals surface area contributed by atoms with Gasteiger partial charge in [0.25, 0.3) is 0 Å². The van der Waals surface area contributed by atoms with E-state index in [-0.39, 0.29) is 18.3 Å². The van der Waals surface area contributed by atoms with Gasteiger partial charge in [0.15, 0.2) is 16.7 Å². The van der Waals surface area contributed by atoms with Crippen molar-refractivity contribution < 1.29 is 28.5 Å². The first kappa shape index (κ1) is 28.2. The van der Waals surface area contributed by atoms with Gasteiger partial charge < -0.3 is 29.6 Å². The van der Waals surface area contributed by atoms with Crippen LogP contribution in [-0.2, 0) is 14.3 Å². The molecule has 1 aliphatic rings. The summed E-state index contributed by atoms with van der Waals surface area (Å²) >= 11 is 7.37. The van der Waals surface area contributed by atoms with E-state index in [1.54, 1.807) is 44.2 Å². The highest BCUT2D eigenvalue weighted by atomic mass is 35.5. The van der Waals surface area contributed by atoms with E-state index in [0.29, 0.717) is 50.0 Å². The molecule has 2 aromatic rings. The number of hydrogen-bond acceptors (Lipinski definition) is 9. The number of carbonyl (C=O) groups excluding carboxylic acids is 2. The maximum atomic E-state index is 12.9. The molecule has 37 heavy (non-hydrogen) atoms. The van der Waals surface area contributed by atoms with Crippen LogP contribution in [0.5, 0.6) is 17.2 Å². The van der Waals surface area contributed by atoms with Crippen molar-refractivity contribution >= 4 is 46.1 Å². The minimum atomic E-state index is -0.727. The number of esters is 1. The Morgan fingerprint density at radius 1 is 1.11 bits per heavy atom. The van der Waals surface area contributed by atoms with Crippen LogP contribution < -0.4 is 24.8 Å². The Hall–Kier alpha value is -3.37. The molecule has 1 atom stereocenters. The number of halogens is 1. The van der Waals surface area contributed by atoms with Crippen LogP contribution in [0.2, 0.25) is 5.02 Å². The number of nitrogens with zero attached hydrogens (tertiary/aromatic N) is 1. The van der Waals surface area contributed by atoms with E-state index in [9.17, 15) is 9.59 Å². The molecule has 1 heterocycles. The Kier molecular flexibility index (Phi) is 9.71. The summed E-state index contributed by atoms with van der Waals surface area (Å²) in [6.07, 6.45) is 0. The van der Waals surface area contributed by atoms with Crippen molar-refractivity contribution in [1.82, 2.24) is 5.32 Å². The molecule has 2 N–H and O–H groups in total. The summed E-state index contributed by atoms with van der Waals surface area (Å²) in [5, 5.41) is 7.05. The van der Waals surface area contributed by atoms with Gasteiger partial charge >= 0.3 is 5.97 Å². The van der Waals surface area contributed by atoms with Crippen molar-refractivity contribution in [3.63, 3.8) is 0 Å². The Bertz CT molecular complexity index is 1220. The molecular weight excluding hydrogens is 518 g/mol. The van der Waals surface area contributed by atoms with Crippen molar-refractivity contribution in [2.45, 2.75) is 26.8 Å². The lowest BCUT2D eigenvalue weighted by atomic mass is 9.96. The number of benzene rings is 2. The van der Waals surface area contributed by atoms with Crippen molar-refractivity contribution in [3.8, 4) is 17.2 Å². The highest BCUT2D eigenvalue weighted by Gasteiger charge is 2.32. The molecule has 0 aliphatic carbocycles. The Morgan fingerprint density at radius 3 is 2.38 bits per heavy atom. The van der Waals surface area contributed by atoms with E-state index in [1.807, 2.05) is 6.92 Å². The van der Waals surface area contributed by atoms with E-state index >= 15 is 0 Å². The molecule has 1 aliphatic heterocycles. The van der Waals surface area contributed by atoms with Gasteiger partial charge in [-0.2, -0.15) is 0 Å². The number of amides is 1. The Labute approximate surface area is 225 Å². The van der Waals surface area contributed by atoms with Crippen LogP contribution in [0.3, 0.4) is 0 Å². The van der Waals surface area contributed by atoms with E-state index < -0.39 is 12.0 Å². The summed E-state index contributed by atoms with van der Waals surface area (Å²) in [6, 6.07) is 8.09. The predicted molar refractivity (Wildman–Crippen MR) is 146 cm³/mol. The molecule has 0 bridgehead atoms. The molecular formula is C26H30ClN3O6S. The number of thioether (sulfide) groups is 1. The first-order valence-electron chi connectivity index (χ1n) is 11.4. The van der Waals surface area contributed by atoms with Gasteiger partial charge in [0, 0.05) is 16.4 Å². The zero-order valence-electron chi connectivity index (χ0n) is 21.6. The highest BCUT2D eigenvalue weighted by molar-refractivity contribution is 8.14. The number of methoxy groups -OCH3 is 3. The van der Waals surface area contributed by atoms with E-state index in [0.717, 1.165) is 5.56 Å². The molecule has 0 spiro atoms. The molecule has 2 aromatic carbocycles. The van der Waals surface area contributed by atoms with Crippen molar-refractivity contribution in [3.05, 3.63) is 57.8 Å². The zero-order chi connectivity index (χ0) is 27.1. The number of aliphatic imine (C=N–C) groups is 1. The van der Waals surface area contributed by atoms with Gasteiger partial charge in [-0.15, -0.1) is 0 Å². The largest absolute Gasteiger partial charge is 0.493 e. The van der Waals surface area contributed by atoms with Crippen LogP contribution in [0.4, 0.5) is 5.69 Å². The second kappa shape index (κ2) is 12.7. The predicted octanol–water partition coefficient (Wildman–Crippen LogP) is 4.88. The molecule has 0 fully saturated rings. The third kappa shape index (κ3) is 6.50. The maximum absolute atomic E-state index is 12.9. The molecule has 0 aromatic heterocycles. The number of anilines is 1. The van der Waals surface area contributed by atoms with Gasteiger partial charge in [-0.3, -0.25) is 4.79 Å². The number of carbonyl (C=O) groups is 2. The summed E-state index contributed by atoms with van der Waals surface area (Å²) in [5.74, 6) is 0.652. The van der Waals surface area contributed by atoms with Crippen molar-refractivity contribution in [2.24, 2.45) is 4.99 Å². The maximum Gasteiger partial charge on any atom is 0.338 e. The number of rotatable bonds is 9. The normalized spacial score (nSPS) is 14.9. The molecule has 1 amide bonds. The summed E-state index contributed by atoms with van der Waals surface area (Å²) < 4.78 is 21.7. The first-order valence-corrected chi connectivity index (χ1v) is 12.8. The van der Waals surface area contributed by atoms with Gasteiger partial charge in [0.1, 0.15) is 6.04 Å². The molecule has 11 heteroatoms. The van der Waals surface area contributed by atoms with Crippen LogP contribution >= 0.6 is 23.4 Å². The lowest BCUT2D eigenvalue weighted by Crippen LogP contribution is -2.31. The average Bonchev–Trinajstić information content (AvgIpc) is 2.88. The lowest BCUT2D eigenvalue weighted by Gasteiger charge is -2.26. The number of allylic oxidation sites excluding steroid dienone is 1. The summed E-state index contributed by atoms with van der Waals surface area (Å²) in [5.41, 5.74) is 2.99. The monoisotopic (exact) mass is 547 g/mol. The molecule has 0 saturated carbocycles. The number of hydrogen-bond donors (Lipinski definition) is 2. The van der Waals surface area contributed by atoms with Crippen LogP contribution in [-0.4, -0.2) is 50.7 Å². The van der Waals surface area contributed by atoms with Crippen LogP contribution in [0.15, 0.2) is 46.6 Å². The first-order chi connectivity index (χ1) is 17.7. The molecule has 0 unspecified atom stereocenters. The SMILES string of the molecule is CCOC(=O)C1=C(C)NC(SCC(=O)Nc2cccc(Cl)c2C)=N[C@H]1c1cc(OC)c(OC)c(OC)c1. The lowest BCUT2D eigenvalue weighted by molar-refractivity contribution is -0.139. The van der Waals surface area contributed by atoms with Gasteiger partial charge in [-0.05, 0) is 56.2 Å². The summed E-state index contributed by atoms with van der Waals surface area (Å²) in [6.45, 7) is 5.56. The average molecular weight is 548 g/mol. The topological polar surface area (TPSA) is 107 Å². The second-order valence-electron chi connectivity index (χ2n) is 7.93. The molecule has 198 valence electrons. The fourth-order valence-electron chi connectivity index (χ4n) is 3.76. The third-order valence-electron chi connectivity index (χ3n) is 5.60. The molecule has 0 saturated heterocycles. The van der Waals surface area contributed by atoms with Gasteiger partial charge in [-0.1, -0.05) is 29.4 Å². The van der Waals surface area contributed by atoms with E-state index in [4.69, 9.17) is 35.5 Å². The number of amidine groups is 1. The number of nitrogens with one attached hydrogen (secondary N) is 2. The Balaban J connectivity index is 1.91. The summed E-state index contributed by atoms with van der Waals surface area (Å²) in [4.78, 5) is 30.3. The van der Waals surface area contributed by atoms with Crippen molar-refractivity contribution in [2.75, 3.05) is 39.0 Å². The summed E-state index contributed by atoms with van der Waals surface area (Å²) in [7, 11) is 4.55. The standard InChI is InChI=1S/C26H30ClN3O6S/c1-7-36-25(32)22-15(3)28-26(37-13-21(31)29-18-10-8-9-17(27)14(18)2)30-23(22)16-11-19(33-4)24(35-6)20(12-16)34-5/h8-12,23H,7,13H2,1-6H3,(H,28,30)(H,29,31)/t23-/m0/s1. The van der Waals surface area contributed by atoms with Crippen LogP contribution in [0.25, 0.3) is 0 Å². The minimum Gasteiger partial charge on any atom is -0.493 e. The quantitative estimate of drug-likeness (QED) is 0.428. The molecule has 3 rings (SSSR count). The van der Waals surface area contributed by atoms with E-state index in [1.165, 1.54) is 33.1 Å². The van der Waals surface area contributed by atoms with Gasteiger partial charge in [0.2, 0.25) is 11.7 Å².